The molecule has 1 N–H and O–H groups in total. The molecule has 4 aliphatic rings. The molecule has 1 aromatic carbocycles. The Balaban J connectivity index is 1.33. The van der Waals surface area contributed by atoms with Gasteiger partial charge in [-0.15, -0.1) is 10.5 Å². The van der Waals surface area contributed by atoms with Crippen molar-refractivity contribution >= 4 is 21.8 Å². The van der Waals surface area contributed by atoms with Crippen LogP contribution in [0.25, 0.3) is 0 Å². The van der Waals surface area contributed by atoms with E-state index < -0.39 is 17.6 Å². The van der Waals surface area contributed by atoms with Crippen LogP contribution in [0, 0.1) is 5.82 Å². The number of alkyl halides is 3. The topological polar surface area (TPSA) is 35.6 Å². The number of hydrogen-bond donors (Lipinski definition) is 1. The highest BCUT2D eigenvalue weighted by molar-refractivity contribution is 8.21. The highest BCUT2D eigenvalue weighted by Crippen LogP contribution is 2.43. The summed E-state index contributed by atoms with van der Waals surface area (Å²) in [7, 11) is -0.337. The summed E-state index contributed by atoms with van der Waals surface area (Å²) in [6.07, 6.45) is 4.40. The lowest BCUT2D eigenvalue weighted by Crippen LogP contribution is -2.42. The average molecular weight is 522 g/mol. The van der Waals surface area contributed by atoms with Gasteiger partial charge in [0.05, 0.1) is 10.6 Å². The maximum atomic E-state index is 13.6. The SMILES string of the molecule is O=C1C(CNCc2ccc(F)cc2C(F)(F)F)=CS2=CC3=C(C=C2N1CCN1CCCCC1)CCC3. The number of halogens is 4. The highest BCUT2D eigenvalue weighted by Gasteiger charge is 2.34. The summed E-state index contributed by atoms with van der Waals surface area (Å²) < 4.78 is 53.6. The largest absolute Gasteiger partial charge is 0.416 e. The number of benzene rings is 1. The monoisotopic (exact) mass is 521 g/mol. The zero-order valence-electron chi connectivity index (χ0n) is 20.2. The minimum Gasteiger partial charge on any atom is -0.308 e. The van der Waals surface area contributed by atoms with Crippen LogP contribution < -0.4 is 5.32 Å². The molecule has 194 valence electrons. The molecule has 3 heterocycles. The van der Waals surface area contributed by atoms with Crippen LogP contribution >= 0.6 is 10.5 Å². The lowest BCUT2D eigenvalue weighted by atomic mass is 10.1. The van der Waals surface area contributed by atoms with Crippen LogP contribution in [0.3, 0.4) is 0 Å². The van der Waals surface area contributed by atoms with Gasteiger partial charge in [-0.3, -0.25) is 4.79 Å². The van der Waals surface area contributed by atoms with E-state index in [4.69, 9.17) is 0 Å². The summed E-state index contributed by atoms with van der Waals surface area (Å²) in [6, 6.07) is 2.70. The Kier molecular flexibility index (Phi) is 7.51. The molecule has 1 atom stereocenters. The van der Waals surface area contributed by atoms with Crippen molar-refractivity contribution < 1.29 is 22.4 Å². The van der Waals surface area contributed by atoms with Gasteiger partial charge < -0.3 is 15.1 Å². The zero-order chi connectivity index (χ0) is 25.3. The van der Waals surface area contributed by atoms with Crippen LogP contribution in [0.4, 0.5) is 17.6 Å². The van der Waals surface area contributed by atoms with Crippen LogP contribution in [-0.2, 0) is 17.5 Å². The van der Waals surface area contributed by atoms with Crippen molar-refractivity contribution in [2.75, 3.05) is 32.7 Å². The van der Waals surface area contributed by atoms with Gasteiger partial charge in [-0.2, -0.15) is 13.2 Å². The van der Waals surface area contributed by atoms with E-state index in [1.807, 2.05) is 10.3 Å². The normalized spacial score (nSPS) is 22.7. The number of carbonyl (C=O) groups is 1. The molecule has 1 fully saturated rings. The molecule has 1 unspecified atom stereocenters. The second-order valence-electron chi connectivity index (χ2n) is 9.78. The third kappa shape index (κ3) is 5.53. The zero-order valence-corrected chi connectivity index (χ0v) is 21.0. The van der Waals surface area contributed by atoms with Crippen molar-refractivity contribution in [1.29, 1.82) is 0 Å². The fourth-order valence-electron chi connectivity index (χ4n) is 5.35. The molecule has 9 heteroatoms. The first-order valence-corrected chi connectivity index (χ1v) is 14.0. The van der Waals surface area contributed by atoms with Crippen molar-refractivity contribution in [3.8, 4) is 0 Å². The van der Waals surface area contributed by atoms with Crippen LogP contribution in [0.1, 0.15) is 49.7 Å². The Morgan fingerprint density at radius 1 is 0.972 bits per heavy atom. The summed E-state index contributed by atoms with van der Waals surface area (Å²) >= 11 is 0. The van der Waals surface area contributed by atoms with Gasteiger partial charge in [0.1, 0.15) is 5.82 Å². The predicted molar refractivity (Wildman–Crippen MR) is 136 cm³/mol. The first-order valence-electron chi connectivity index (χ1n) is 12.6. The van der Waals surface area contributed by atoms with E-state index in [1.54, 1.807) is 0 Å². The molecule has 0 aromatic heterocycles. The van der Waals surface area contributed by atoms with Crippen molar-refractivity contribution in [3.05, 3.63) is 68.4 Å². The predicted octanol–water partition coefficient (Wildman–Crippen LogP) is 5.55. The van der Waals surface area contributed by atoms with Crippen molar-refractivity contribution in [3.63, 3.8) is 0 Å². The lowest BCUT2D eigenvalue weighted by Gasteiger charge is -2.36. The molecule has 3 aliphatic heterocycles. The number of amides is 1. The van der Waals surface area contributed by atoms with Gasteiger partial charge in [-0.05, 0) is 90.9 Å². The first-order chi connectivity index (χ1) is 17.3. The van der Waals surface area contributed by atoms with Gasteiger partial charge in [-0.25, -0.2) is 4.39 Å². The Morgan fingerprint density at radius 2 is 1.75 bits per heavy atom. The number of nitrogens with one attached hydrogen (secondary N) is 1. The molecule has 0 radical (unpaired) electrons. The van der Waals surface area contributed by atoms with E-state index in [9.17, 15) is 22.4 Å². The minimum atomic E-state index is -4.64. The number of rotatable bonds is 7. The quantitative estimate of drug-likeness (QED) is 0.377. The van der Waals surface area contributed by atoms with Crippen molar-refractivity contribution in [2.24, 2.45) is 0 Å². The van der Waals surface area contributed by atoms with Gasteiger partial charge in [0.25, 0.3) is 5.91 Å². The molecule has 4 nitrogen and oxygen atoms in total. The van der Waals surface area contributed by atoms with Crippen LogP contribution in [0.5, 0.6) is 0 Å². The van der Waals surface area contributed by atoms with Gasteiger partial charge in [0.2, 0.25) is 0 Å². The molecule has 0 spiro atoms. The van der Waals surface area contributed by atoms with Crippen LogP contribution in [0.15, 0.2) is 51.4 Å². The molecule has 0 bridgehead atoms. The van der Waals surface area contributed by atoms with Crippen molar-refractivity contribution in [1.82, 2.24) is 15.1 Å². The van der Waals surface area contributed by atoms with E-state index in [-0.39, 0.29) is 35.0 Å². The van der Waals surface area contributed by atoms with Crippen LogP contribution in [-0.4, -0.2) is 53.8 Å². The standard InChI is InChI=1S/C27H31F4N3OS/c28-23-8-7-20(24(14-23)27(29,30)31)15-32-16-22-18-36-17-21-6-4-5-19(21)13-25(36)34(26(22)35)12-11-33-9-2-1-3-10-33/h7-8,13-14,17-18,32H,1-6,9-12,15-16H2. The van der Waals surface area contributed by atoms with E-state index in [1.165, 1.54) is 30.4 Å². The smallest absolute Gasteiger partial charge is 0.308 e. The number of allylic oxidation sites excluding steroid dienone is 3. The molecule has 1 aliphatic carbocycles. The molecule has 1 aromatic rings. The number of piperidine rings is 1. The number of likely N-dealkylation sites (tertiary alicyclic amines) is 1. The summed E-state index contributed by atoms with van der Waals surface area (Å²) in [6.45, 7) is 3.58. The second-order valence-corrected chi connectivity index (χ2v) is 11.4. The third-order valence-corrected chi connectivity index (χ3v) is 9.16. The van der Waals surface area contributed by atoms with Crippen molar-refractivity contribution in [2.45, 2.75) is 51.2 Å². The minimum absolute atomic E-state index is 0.0391. The molecule has 1 saturated heterocycles. The molecular weight excluding hydrogens is 490 g/mol. The Hall–Kier alpha value is -2.23. The van der Waals surface area contributed by atoms with E-state index >= 15 is 0 Å². The van der Waals surface area contributed by atoms with E-state index in [2.05, 4.69) is 21.7 Å². The summed E-state index contributed by atoms with van der Waals surface area (Å²) in [5, 5.41) is 8.31. The summed E-state index contributed by atoms with van der Waals surface area (Å²) in [5.74, 6) is -1.00. The number of hydrogen-bond acceptors (Lipinski definition) is 3. The summed E-state index contributed by atoms with van der Waals surface area (Å²) in [5.41, 5.74) is 2.23. The molecule has 0 saturated carbocycles. The van der Waals surface area contributed by atoms with Gasteiger partial charge >= 0.3 is 6.18 Å². The molecule has 36 heavy (non-hydrogen) atoms. The highest BCUT2D eigenvalue weighted by atomic mass is 32.2. The van der Waals surface area contributed by atoms with Gasteiger partial charge in [-0.1, -0.05) is 12.5 Å². The molecular formula is C27H31F4N3OS. The van der Waals surface area contributed by atoms with Gasteiger partial charge in [0, 0.05) is 31.8 Å². The fraction of sp³-hybridized carbons (Fsp3) is 0.481. The summed E-state index contributed by atoms with van der Waals surface area (Å²) in [4.78, 5) is 17.9. The Bertz CT molecular complexity index is 1160. The van der Waals surface area contributed by atoms with Crippen LogP contribution in [0.2, 0.25) is 0 Å². The third-order valence-electron chi connectivity index (χ3n) is 7.26. The lowest BCUT2D eigenvalue weighted by molar-refractivity contribution is -0.138. The number of fused-ring (bicyclic) bond motifs is 1. The maximum Gasteiger partial charge on any atom is 0.416 e. The Labute approximate surface area is 211 Å². The van der Waals surface area contributed by atoms with Gasteiger partial charge in [0.15, 0.2) is 0 Å². The Morgan fingerprint density at radius 3 is 2.53 bits per heavy atom. The van der Waals surface area contributed by atoms with E-state index in [0.717, 1.165) is 56.1 Å². The fourth-order valence-corrected chi connectivity index (χ4v) is 7.43. The molecule has 5 rings (SSSR count). The average Bonchev–Trinajstić information content (AvgIpc) is 3.31. The number of carbonyl (C=O) groups excluding carboxylic acids is 1. The maximum absolute atomic E-state index is 13.6. The second kappa shape index (κ2) is 10.6. The van der Waals surface area contributed by atoms with E-state index in [0.29, 0.717) is 18.2 Å². The molecule has 1 amide bonds. The first kappa shape index (κ1) is 25.4. The number of nitrogens with zero attached hydrogens (tertiary/aromatic N) is 2.